The molecule has 0 radical (unpaired) electrons. The molecule has 1 aromatic carbocycles. The van der Waals surface area contributed by atoms with E-state index in [1.165, 1.54) is 22.4 Å². The van der Waals surface area contributed by atoms with E-state index < -0.39 is 0 Å². The molecular formula is C16H25NO. The van der Waals surface area contributed by atoms with Crippen LogP contribution < -0.4 is 5.32 Å². The summed E-state index contributed by atoms with van der Waals surface area (Å²) in [7, 11) is 0. The molecule has 0 aliphatic heterocycles. The fourth-order valence-electron chi connectivity index (χ4n) is 2.75. The van der Waals surface area contributed by atoms with Crippen LogP contribution in [0.25, 0.3) is 0 Å². The minimum Gasteiger partial charge on any atom is -0.393 e. The third-order valence-electron chi connectivity index (χ3n) is 4.46. The number of aryl methyl sites for hydroxylation is 1. The smallest absolute Gasteiger partial charge is 0.0540 e. The highest BCUT2D eigenvalue weighted by Crippen LogP contribution is 2.26. The van der Waals surface area contributed by atoms with Gasteiger partial charge in [-0.25, -0.2) is 0 Å². The molecule has 2 rings (SSSR count). The Bertz CT molecular complexity index is 406. The van der Waals surface area contributed by atoms with Gasteiger partial charge in [-0.15, -0.1) is 0 Å². The van der Waals surface area contributed by atoms with Gasteiger partial charge in [-0.3, -0.25) is 0 Å². The number of hydrogen-bond acceptors (Lipinski definition) is 2. The Kier molecular flexibility index (Phi) is 4.28. The topological polar surface area (TPSA) is 32.3 Å². The van der Waals surface area contributed by atoms with Crippen LogP contribution in [0.2, 0.25) is 0 Å². The average Bonchev–Trinajstić information content (AvgIpc) is 2.37. The standard InChI is InChI=1S/C16H25NO/c1-11-4-9-16(13(3)12(11)2)17-10-14-5-7-15(18)8-6-14/h4,9,14-15,17-18H,5-8,10H2,1-3H3. The van der Waals surface area contributed by atoms with E-state index in [0.29, 0.717) is 0 Å². The lowest BCUT2D eigenvalue weighted by Crippen LogP contribution is -2.23. The highest BCUT2D eigenvalue weighted by atomic mass is 16.3. The maximum atomic E-state index is 9.50. The van der Waals surface area contributed by atoms with Gasteiger partial charge in [-0.1, -0.05) is 6.07 Å². The van der Waals surface area contributed by atoms with Crippen LogP contribution in [0.3, 0.4) is 0 Å². The molecule has 0 spiro atoms. The SMILES string of the molecule is Cc1ccc(NCC2CCC(O)CC2)c(C)c1C. The minimum atomic E-state index is -0.0513. The minimum absolute atomic E-state index is 0.0513. The van der Waals surface area contributed by atoms with Crippen molar-refractivity contribution in [2.24, 2.45) is 5.92 Å². The predicted octanol–water partition coefficient (Wildman–Crippen LogP) is 3.57. The van der Waals surface area contributed by atoms with Crippen LogP contribution in [0.4, 0.5) is 5.69 Å². The molecule has 0 aromatic heterocycles. The van der Waals surface area contributed by atoms with E-state index in [9.17, 15) is 5.11 Å². The van der Waals surface area contributed by atoms with E-state index in [4.69, 9.17) is 0 Å². The first-order chi connectivity index (χ1) is 8.58. The third kappa shape index (κ3) is 3.05. The number of benzene rings is 1. The van der Waals surface area contributed by atoms with Crippen LogP contribution in [0.5, 0.6) is 0 Å². The van der Waals surface area contributed by atoms with E-state index >= 15 is 0 Å². The van der Waals surface area contributed by atoms with Crippen molar-refractivity contribution in [1.29, 1.82) is 0 Å². The molecule has 0 unspecified atom stereocenters. The zero-order valence-corrected chi connectivity index (χ0v) is 11.8. The molecule has 0 amide bonds. The Labute approximate surface area is 110 Å². The van der Waals surface area contributed by atoms with Gasteiger partial charge in [0.2, 0.25) is 0 Å². The largest absolute Gasteiger partial charge is 0.393 e. The predicted molar refractivity (Wildman–Crippen MR) is 77.1 cm³/mol. The monoisotopic (exact) mass is 247 g/mol. The van der Waals surface area contributed by atoms with E-state index in [2.05, 4.69) is 38.2 Å². The molecule has 2 nitrogen and oxygen atoms in total. The summed E-state index contributed by atoms with van der Waals surface area (Å²) in [6.07, 6.45) is 4.19. The molecule has 2 N–H and O–H groups in total. The summed E-state index contributed by atoms with van der Waals surface area (Å²) in [4.78, 5) is 0. The zero-order valence-electron chi connectivity index (χ0n) is 11.8. The van der Waals surface area contributed by atoms with Crippen molar-refractivity contribution in [2.75, 3.05) is 11.9 Å². The molecule has 1 aromatic rings. The van der Waals surface area contributed by atoms with Gasteiger partial charge in [0.05, 0.1) is 6.10 Å². The quantitative estimate of drug-likeness (QED) is 0.855. The normalized spacial score (nSPS) is 24.0. The molecule has 100 valence electrons. The maximum Gasteiger partial charge on any atom is 0.0540 e. The zero-order chi connectivity index (χ0) is 13.1. The summed E-state index contributed by atoms with van der Waals surface area (Å²) in [5.41, 5.74) is 5.38. The molecular weight excluding hydrogens is 222 g/mol. The molecule has 1 saturated carbocycles. The fraction of sp³-hybridized carbons (Fsp3) is 0.625. The van der Waals surface area contributed by atoms with Crippen LogP contribution in [0, 0.1) is 26.7 Å². The Morgan fingerprint density at radius 3 is 2.39 bits per heavy atom. The van der Waals surface area contributed by atoms with Gasteiger partial charge in [-0.2, -0.15) is 0 Å². The summed E-state index contributed by atoms with van der Waals surface area (Å²) < 4.78 is 0. The molecule has 2 heteroatoms. The average molecular weight is 247 g/mol. The van der Waals surface area contributed by atoms with Crippen LogP contribution in [-0.4, -0.2) is 17.8 Å². The number of anilines is 1. The summed E-state index contributed by atoms with van der Waals surface area (Å²) >= 11 is 0. The number of hydrogen-bond donors (Lipinski definition) is 2. The molecule has 0 saturated heterocycles. The molecule has 1 fully saturated rings. The second-order valence-electron chi connectivity index (χ2n) is 5.74. The Morgan fingerprint density at radius 1 is 1.06 bits per heavy atom. The van der Waals surface area contributed by atoms with Gasteiger partial charge >= 0.3 is 0 Å². The highest BCUT2D eigenvalue weighted by Gasteiger charge is 2.19. The summed E-state index contributed by atoms with van der Waals surface area (Å²) in [5.74, 6) is 0.717. The first kappa shape index (κ1) is 13.4. The number of nitrogens with one attached hydrogen (secondary N) is 1. The number of aliphatic hydroxyl groups is 1. The van der Waals surface area contributed by atoms with Crippen LogP contribution in [0.1, 0.15) is 42.4 Å². The Balaban J connectivity index is 1.92. The molecule has 1 aliphatic carbocycles. The van der Waals surface area contributed by atoms with Crippen LogP contribution >= 0.6 is 0 Å². The van der Waals surface area contributed by atoms with Crippen molar-refractivity contribution in [1.82, 2.24) is 0 Å². The van der Waals surface area contributed by atoms with E-state index in [0.717, 1.165) is 38.1 Å². The van der Waals surface area contributed by atoms with Gasteiger partial charge in [-0.05, 0) is 75.1 Å². The number of aliphatic hydroxyl groups excluding tert-OH is 1. The van der Waals surface area contributed by atoms with E-state index in [1.54, 1.807) is 0 Å². The molecule has 0 bridgehead atoms. The third-order valence-corrected chi connectivity index (χ3v) is 4.46. The van der Waals surface area contributed by atoms with Gasteiger partial charge in [0.1, 0.15) is 0 Å². The van der Waals surface area contributed by atoms with Crippen LogP contribution in [0.15, 0.2) is 12.1 Å². The summed E-state index contributed by atoms with van der Waals surface area (Å²) in [6, 6.07) is 4.38. The summed E-state index contributed by atoms with van der Waals surface area (Å²) in [5, 5.41) is 13.1. The van der Waals surface area contributed by atoms with Crippen molar-refractivity contribution < 1.29 is 5.11 Å². The highest BCUT2D eigenvalue weighted by molar-refractivity contribution is 5.55. The molecule has 0 atom stereocenters. The Hall–Kier alpha value is -1.02. The van der Waals surface area contributed by atoms with E-state index in [1.807, 2.05) is 0 Å². The lowest BCUT2D eigenvalue weighted by atomic mass is 9.87. The van der Waals surface area contributed by atoms with Gasteiger partial charge in [0.25, 0.3) is 0 Å². The summed E-state index contributed by atoms with van der Waals surface area (Å²) in [6.45, 7) is 7.58. The van der Waals surface area contributed by atoms with Crippen molar-refractivity contribution >= 4 is 5.69 Å². The molecule has 0 heterocycles. The van der Waals surface area contributed by atoms with Crippen molar-refractivity contribution in [2.45, 2.75) is 52.6 Å². The van der Waals surface area contributed by atoms with Gasteiger partial charge in [0, 0.05) is 12.2 Å². The van der Waals surface area contributed by atoms with Crippen LogP contribution in [-0.2, 0) is 0 Å². The first-order valence-electron chi connectivity index (χ1n) is 7.06. The van der Waals surface area contributed by atoms with Gasteiger partial charge < -0.3 is 10.4 Å². The number of rotatable bonds is 3. The Morgan fingerprint density at radius 2 is 1.72 bits per heavy atom. The lowest BCUT2D eigenvalue weighted by molar-refractivity contribution is 0.111. The van der Waals surface area contributed by atoms with Crippen molar-refractivity contribution in [3.05, 3.63) is 28.8 Å². The fourth-order valence-corrected chi connectivity index (χ4v) is 2.75. The maximum absolute atomic E-state index is 9.50. The molecule has 1 aliphatic rings. The lowest BCUT2D eigenvalue weighted by Gasteiger charge is -2.26. The van der Waals surface area contributed by atoms with Crippen molar-refractivity contribution in [3.8, 4) is 0 Å². The van der Waals surface area contributed by atoms with Gasteiger partial charge in [0.15, 0.2) is 0 Å². The second kappa shape index (κ2) is 5.75. The first-order valence-corrected chi connectivity index (χ1v) is 7.06. The second-order valence-corrected chi connectivity index (χ2v) is 5.74. The van der Waals surface area contributed by atoms with Crippen molar-refractivity contribution in [3.63, 3.8) is 0 Å². The van der Waals surface area contributed by atoms with E-state index in [-0.39, 0.29) is 6.10 Å². The molecule has 18 heavy (non-hydrogen) atoms.